The van der Waals surface area contributed by atoms with E-state index in [4.69, 9.17) is 0 Å². The molecule has 0 unspecified atom stereocenters. The number of fused-ring (bicyclic) bond motifs is 1. The SMILES string of the molecule is CCCn1c(=O)n(CCC(=O)NC2CCNCC2)c2ccccc21.Cl. The Balaban J connectivity index is 0.00000225. The molecular weight excluding hydrogens is 340 g/mol. The van der Waals surface area contributed by atoms with Crippen molar-refractivity contribution in [2.45, 2.75) is 51.7 Å². The molecule has 6 nitrogen and oxygen atoms in total. The van der Waals surface area contributed by atoms with Crippen LogP contribution >= 0.6 is 12.4 Å². The fourth-order valence-corrected chi connectivity index (χ4v) is 3.41. The highest BCUT2D eigenvalue weighted by molar-refractivity contribution is 5.85. The van der Waals surface area contributed by atoms with Crippen LogP contribution in [0, 0.1) is 0 Å². The highest BCUT2D eigenvalue weighted by Gasteiger charge is 2.17. The summed E-state index contributed by atoms with van der Waals surface area (Å²) in [5.74, 6) is 0.0288. The molecule has 1 aliphatic heterocycles. The summed E-state index contributed by atoms with van der Waals surface area (Å²) in [7, 11) is 0. The van der Waals surface area contributed by atoms with Crippen LogP contribution in [0.3, 0.4) is 0 Å². The van der Waals surface area contributed by atoms with Gasteiger partial charge in [0.1, 0.15) is 0 Å². The predicted molar refractivity (Wildman–Crippen MR) is 102 cm³/mol. The number of hydrogen-bond acceptors (Lipinski definition) is 3. The summed E-state index contributed by atoms with van der Waals surface area (Å²) in [4.78, 5) is 24.9. The first kappa shape index (κ1) is 19.5. The molecule has 2 heterocycles. The molecule has 25 heavy (non-hydrogen) atoms. The van der Waals surface area contributed by atoms with E-state index in [9.17, 15) is 9.59 Å². The van der Waals surface area contributed by atoms with Crippen LogP contribution in [0.15, 0.2) is 29.1 Å². The molecule has 1 saturated heterocycles. The van der Waals surface area contributed by atoms with Crippen molar-refractivity contribution < 1.29 is 4.79 Å². The Morgan fingerprint density at radius 2 is 1.76 bits per heavy atom. The van der Waals surface area contributed by atoms with Crippen molar-refractivity contribution in [1.82, 2.24) is 19.8 Å². The lowest BCUT2D eigenvalue weighted by molar-refractivity contribution is -0.122. The number of para-hydroxylation sites is 2. The number of piperidine rings is 1. The van der Waals surface area contributed by atoms with Gasteiger partial charge in [-0.2, -0.15) is 0 Å². The highest BCUT2D eigenvalue weighted by atomic mass is 35.5. The van der Waals surface area contributed by atoms with E-state index in [0.717, 1.165) is 43.4 Å². The maximum Gasteiger partial charge on any atom is 0.329 e. The van der Waals surface area contributed by atoms with Crippen molar-refractivity contribution in [3.8, 4) is 0 Å². The topological polar surface area (TPSA) is 68.1 Å². The van der Waals surface area contributed by atoms with Gasteiger partial charge in [-0.25, -0.2) is 4.79 Å². The van der Waals surface area contributed by atoms with Crippen molar-refractivity contribution in [2.24, 2.45) is 0 Å². The fourth-order valence-electron chi connectivity index (χ4n) is 3.41. The van der Waals surface area contributed by atoms with E-state index in [2.05, 4.69) is 17.6 Å². The Hall–Kier alpha value is -1.79. The van der Waals surface area contributed by atoms with Crippen molar-refractivity contribution in [3.05, 3.63) is 34.7 Å². The number of carbonyl (C=O) groups excluding carboxylic acids is 1. The standard InChI is InChI=1S/C18H26N4O2.ClH/c1-2-12-21-15-5-3-4-6-16(15)22(18(21)24)13-9-17(23)20-14-7-10-19-11-8-14;/h3-6,14,19H,2,7-13H2,1H3,(H,20,23);1H. The molecule has 0 aliphatic carbocycles. The average molecular weight is 367 g/mol. The van der Waals surface area contributed by atoms with Crippen LogP contribution in [-0.4, -0.2) is 34.2 Å². The number of nitrogens with one attached hydrogen (secondary N) is 2. The molecule has 0 spiro atoms. The Morgan fingerprint density at radius 3 is 2.36 bits per heavy atom. The fraction of sp³-hybridized carbons (Fsp3) is 0.556. The number of nitrogens with zero attached hydrogens (tertiary/aromatic N) is 2. The molecule has 1 aromatic carbocycles. The molecule has 0 atom stereocenters. The number of imidazole rings is 1. The summed E-state index contributed by atoms with van der Waals surface area (Å²) < 4.78 is 3.53. The molecular formula is C18H27ClN4O2. The van der Waals surface area contributed by atoms with E-state index in [1.807, 2.05) is 24.3 Å². The molecule has 1 fully saturated rings. The molecule has 1 amide bonds. The largest absolute Gasteiger partial charge is 0.353 e. The van der Waals surface area contributed by atoms with Crippen LogP contribution in [-0.2, 0) is 17.9 Å². The number of carbonyl (C=O) groups is 1. The van der Waals surface area contributed by atoms with Gasteiger partial charge in [0, 0.05) is 25.6 Å². The van der Waals surface area contributed by atoms with Gasteiger partial charge in [0.25, 0.3) is 0 Å². The van der Waals surface area contributed by atoms with Crippen molar-refractivity contribution >= 4 is 29.3 Å². The monoisotopic (exact) mass is 366 g/mol. The lowest BCUT2D eigenvalue weighted by atomic mass is 10.1. The van der Waals surface area contributed by atoms with E-state index in [-0.39, 0.29) is 30.0 Å². The molecule has 1 aromatic heterocycles. The first-order valence-electron chi connectivity index (χ1n) is 8.89. The molecule has 7 heteroatoms. The van der Waals surface area contributed by atoms with Crippen LogP contribution in [0.5, 0.6) is 0 Å². The van der Waals surface area contributed by atoms with Crippen LogP contribution in [0.4, 0.5) is 0 Å². The minimum Gasteiger partial charge on any atom is -0.353 e. The van der Waals surface area contributed by atoms with Gasteiger partial charge in [0.2, 0.25) is 5.91 Å². The first-order valence-corrected chi connectivity index (χ1v) is 8.89. The van der Waals surface area contributed by atoms with Gasteiger partial charge in [-0.1, -0.05) is 19.1 Å². The number of aryl methyl sites for hydroxylation is 2. The normalized spacial score (nSPS) is 15.1. The summed E-state index contributed by atoms with van der Waals surface area (Å²) >= 11 is 0. The molecule has 0 saturated carbocycles. The molecule has 0 bridgehead atoms. The zero-order valence-corrected chi connectivity index (χ0v) is 15.5. The predicted octanol–water partition coefficient (Wildman–Crippen LogP) is 1.89. The Bertz CT molecular complexity index is 762. The first-order chi connectivity index (χ1) is 11.7. The number of hydrogen-bond donors (Lipinski definition) is 2. The van der Waals surface area contributed by atoms with Gasteiger partial charge in [-0.15, -0.1) is 12.4 Å². The number of rotatable bonds is 6. The quantitative estimate of drug-likeness (QED) is 0.820. The van der Waals surface area contributed by atoms with Gasteiger partial charge in [-0.05, 0) is 44.5 Å². The summed E-state index contributed by atoms with van der Waals surface area (Å²) in [6.07, 6.45) is 3.19. The lowest BCUT2D eigenvalue weighted by Crippen LogP contribution is -2.43. The minimum absolute atomic E-state index is 0. The van der Waals surface area contributed by atoms with Crippen molar-refractivity contribution in [3.63, 3.8) is 0 Å². The molecule has 3 rings (SSSR count). The second-order valence-electron chi connectivity index (χ2n) is 6.42. The second-order valence-corrected chi connectivity index (χ2v) is 6.42. The average Bonchev–Trinajstić information content (AvgIpc) is 2.86. The summed E-state index contributed by atoms with van der Waals surface area (Å²) in [5.41, 5.74) is 1.83. The van der Waals surface area contributed by atoms with E-state index in [1.54, 1.807) is 9.13 Å². The number of benzene rings is 1. The highest BCUT2D eigenvalue weighted by Crippen LogP contribution is 2.13. The molecule has 0 radical (unpaired) electrons. The van der Waals surface area contributed by atoms with Gasteiger partial charge < -0.3 is 10.6 Å². The third-order valence-electron chi connectivity index (χ3n) is 4.64. The maximum absolute atomic E-state index is 12.7. The zero-order valence-electron chi connectivity index (χ0n) is 14.7. The minimum atomic E-state index is -0.0206. The van der Waals surface area contributed by atoms with Crippen molar-refractivity contribution in [2.75, 3.05) is 13.1 Å². The molecule has 1 aliphatic rings. The Labute approximate surface area is 154 Å². The van der Waals surface area contributed by atoms with E-state index in [1.165, 1.54) is 0 Å². The van der Waals surface area contributed by atoms with Gasteiger partial charge in [-0.3, -0.25) is 13.9 Å². The Morgan fingerprint density at radius 1 is 1.16 bits per heavy atom. The van der Waals surface area contributed by atoms with E-state index < -0.39 is 0 Å². The third kappa shape index (κ3) is 4.44. The summed E-state index contributed by atoms with van der Waals surface area (Å²) in [5, 5.41) is 6.38. The maximum atomic E-state index is 12.7. The molecule has 2 aromatic rings. The number of aromatic nitrogens is 2. The number of amides is 1. The third-order valence-corrected chi connectivity index (χ3v) is 4.64. The van der Waals surface area contributed by atoms with Gasteiger partial charge in [0.15, 0.2) is 0 Å². The Kier molecular flexibility index (Phi) is 7.08. The summed E-state index contributed by atoms with van der Waals surface area (Å²) in [6, 6.07) is 8.06. The summed E-state index contributed by atoms with van der Waals surface area (Å²) in [6.45, 7) is 5.09. The zero-order chi connectivity index (χ0) is 16.9. The van der Waals surface area contributed by atoms with Crippen LogP contribution in [0.25, 0.3) is 11.0 Å². The number of halogens is 1. The van der Waals surface area contributed by atoms with Crippen LogP contribution in [0.2, 0.25) is 0 Å². The lowest BCUT2D eigenvalue weighted by Gasteiger charge is -2.23. The van der Waals surface area contributed by atoms with E-state index in [0.29, 0.717) is 19.5 Å². The van der Waals surface area contributed by atoms with E-state index >= 15 is 0 Å². The van der Waals surface area contributed by atoms with Crippen LogP contribution in [0.1, 0.15) is 32.6 Å². The molecule has 2 N–H and O–H groups in total. The van der Waals surface area contributed by atoms with Crippen molar-refractivity contribution in [1.29, 1.82) is 0 Å². The van der Waals surface area contributed by atoms with Gasteiger partial charge >= 0.3 is 5.69 Å². The molecule has 138 valence electrons. The second kappa shape index (κ2) is 9.06. The van der Waals surface area contributed by atoms with Gasteiger partial charge in [0.05, 0.1) is 11.0 Å². The smallest absolute Gasteiger partial charge is 0.329 e. The van der Waals surface area contributed by atoms with Crippen LogP contribution < -0.4 is 16.3 Å².